The van der Waals surface area contributed by atoms with E-state index in [1.807, 2.05) is 0 Å². The largest absolute Gasteiger partial charge is 0.465 e. The van der Waals surface area contributed by atoms with Crippen LogP contribution in [-0.4, -0.2) is 27.2 Å². The minimum atomic E-state index is -1.20. The second-order valence-corrected chi connectivity index (χ2v) is 4.79. The van der Waals surface area contributed by atoms with Crippen LogP contribution in [0.2, 0.25) is 0 Å². The van der Waals surface area contributed by atoms with Gasteiger partial charge < -0.3 is 15.4 Å². The molecule has 2 aromatic rings. The Morgan fingerprint density at radius 1 is 1.13 bits per heavy atom. The molecule has 0 aliphatic heterocycles. The van der Waals surface area contributed by atoms with E-state index in [1.165, 1.54) is 12.1 Å². The van der Waals surface area contributed by atoms with Gasteiger partial charge in [-0.1, -0.05) is 6.07 Å². The molecule has 9 heteroatoms. The number of carboxylic acid groups (broad SMARTS) is 1. The number of H-pyrrole nitrogens is 1. The summed E-state index contributed by atoms with van der Waals surface area (Å²) in [5, 5.41) is 15.9. The Bertz CT molecular complexity index is 815. The summed E-state index contributed by atoms with van der Waals surface area (Å²) in [4.78, 5) is 40.2. The fourth-order valence-electron chi connectivity index (χ4n) is 1.86. The van der Waals surface area contributed by atoms with Gasteiger partial charge in [-0.3, -0.25) is 15.4 Å². The van der Waals surface area contributed by atoms with Crippen molar-refractivity contribution in [2.24, 2.45) is 0 Å². The molecule has 0 saturated heterocycles. The Balaban J connectivity index is 2.10. The molecule has 0 bridgehead atoms. The second kappa shape index (κ2) is 6.60. The third kappa shape index (κ3) is 4.56. The summed E-state index contributed by atoms with van der Waals surface area (Å²) in [6.45, 7) is 3.40. The lowest BCUT2D eigenvalue weighted by Crippen LogP contribution is -2.23. The molecule has 1 aromatic heterocycles. The number of aryl methyl sites for hydroxylation is 2. The van der Waals surface area contributed by atoms with Crippen molar-refractivity contribution in [3.63, 3.8) is 0 Å². The first kappa shape index (κ1) is 16.0. The molecule has 0 aliphatic rings. The Morgan fingerprint density at radius 2 is 1.87 bits per heavy atom. The third-order valence-corrected chi connectivity index (χ3v) is 2.85. The first-order valence-corrected chi connectivity index (χ1v) is 6.60. The van der Waals surface area contributed by atoms with Crippen molar-refractivity contribution in [3.05, 3.63) is 45.9 Å². The third-order valence-electron chi connectivity index (χ3n) is 2.85. The monoisotopic (exact) mass is 317 g/mol. The second-order valence-electron chi connectivity index (χ2n) is 4.79. The van der Waals surface area contributed by atoms with Crippen LogP contribution in [0.4, 0.5) is 26.9 Å². The lowest BCUT2D eigenvalue weighted by Gasteiger charge is -2.10. The van der Waals surface area contributed by atoms with Crippen molar-refractivity contribution in [2.45, 2.75) is 13.8 Å². The van der Waals surface area contributed by atoms with Crippen molar-refractivity contribution in [2.75, 3.05) is 16.0 Å². The topological polar surface area (TPSA) is 136 Å². The van der Waals surface area contributed by atoms with Crippen LogP contribution in [0.1, 0.15) is 11.3 Å². The molecule has 0 unspecified atom stereocenters. The van der Waals surface area contributed by atoms with Crippen LogP contribution in [0.15, 0.2) is 29.1 Å². The fourth-order valence-corrected chi connectivity index (χ4v) is 1.86. The predicted molar refractivity (Wildman–Crippen MR) is 85.1 cm³/mol. The van der Waals surface area contributed by atoms with Crippen LogP contribution in [0.5, 0.6) is 0 Å². The van der Waals surface area contributed by atoms with Crippen molar-refractivity contribution in [1.82, 2.24) is 9.97 Å². The maximum Gasteiger partial charge on any atom is 0.409 e. The minimum Gasteiger partial charge on any atom is -0.465 e. The molecule has 0 aliphatic carbocycles. The number of urea groups is 1. The van der Waals surface area contributed by atoms with E-state index in [9.17, 15) is 14.4 Å². The van der Waals surface area contributed by atoms with Crippen LogP contribution in [0, 0.1) is 13.8 Å². The molecule has 3 amide bonds. The van der Waals surface area contributed by atoms with Gasteiger partial charge in [0.2, 0.25) is 5.95 Å². The van der Waals surface area contributed by atoms with Crippen LogP contribution in [-0.2, 0) is 0 Å². The summed E-state index contributed by atoms with van der Waals surface area (Å²) < 4.78 is 0. The zero-order chi connectivity index (χ0) is 17.0. The van der Waals surface area contributed by atoms with Gasteiger partial charge in [-0.05, 0) is 31.5 Å². The van der Waals surface area contributed by atoms with E-state index in [0.29, 0.717) is 22.6 Å². The van der Waals surface area contributed by atoms with Gasteiger partial charge in [-0.2, -0.15) is 4.98 Å². The Labute approximate surface area is 130 Å². The molecule has 1 heterocycles. The Morgan fingerprint density at radius 3 is 2.52 bits per heavy atom. The van der Waals surface area contributed by atoms with Crippen molar-refractivity contribution in [1.29, 1.82) is 0 Å². The smallest absolute Gasteiger partial charge is 0.409 e. The average Bonchev–Trinajstić information content (AvgIpc) is 2.40. The van der Waals surface area contributed by atoms with Crippen LogP contribution < -0.4 is 21.5 Å². The van der Waals surface area contributed by atoms with E-state index in [2.05, 4.69) is 25.9 Å². The number of anilines is 3. The van der Waals surface area contributed by atoms with Crippen LogP contribution in [0.3, 0.4) is 0 Å². The predicted octanol–water partition coefficient (Wildman–Crippen LogP) is 2.12. The summed E-state index contributed by atoms with van der Waals surface area (Å²) in [5.74, 6) is 0.0171. The molecule has 5 N–H and O–H groups in total. The highest BCUT2D eigenvalue weighted by Gasteiger charge is 2.08. The van der Waals surface area contributed by atoms with Gasteiger partial charge in [-0.15, -0.1) is 0 Å². The molecule has 2 rings (SSSR count). The SMILES string of the molecule is Cc1cc(=O)nc(NC(=O)Nc2ccc(C)c(NC(=O)O)c2)[nH]1. The highest BCUT2D eigenvalue weighted by Crippen LogP contribution is 2.20. The first-order chi connectivity index (χ1) is 10.8. The zero-order valence-corrected chi connectivity index (χ0v) is 12.4. The standard InChI is InChI=1S/C14H15N5O4/c1-7-3-4-9(6-10(7)17-14(22)23)16-13(21)19-12-15-8(2)5-11(20)18-12/h3-6,17H,1-2H3,(H,22,23)(H3,15,16,18,19,20,21). The van der Waals surface area contributed by atoms with Gasteiger partial charge >= 0.3 is 12.1 Å². The molecule has 0 radical (unpaired) electrons. The van der Waals surface area contributed by atoms with Crippen molar-refractivity contribution in [3.8, 4) is 0 Å². The molecule has 120 valence electrons. The van der Waals surface area contributed by atoms with E-state index in [4.69, 9.17) is 5.11 Å². The van der Waals surface area contributed by atoms with Gasteiger partial charge in [-0.25, -0.2) is 9.59 Å². The number of nitrogens with zero attached hydrogens (tertiary/aromatic N) is 1. The average molecular weight is 317 g/mol. The van der Waals surface area contributed by atoms with E-state index in [1.54, 1.807) is 26.0 Å². The number of carbonyl (C=O) groups excluding carboxylic acids is 1. The quantitative estimate of drug-likeness (QED) is 0.590. The number of benzene rings is 1. The van der Waals surface area contributed by atoms with E-state index in [-0.39, 0.29) is 5.95 Å². The maximum absolute atomic E-state index is 11.9. The number of hydrogen-bond donors (Lipinski definition) is 5. The molecule has 0 spiro atoms. The lowest BCUT2D eigenvalue weighted by atomic mass is 10.2. The van der Waals surface area contributed by atoms with Crippen LogP contribution in [0.25, 0.3) is 0 Å². The molecule has 0 saturated carbocycles. The summed E-state index contributed by atoms with van der Waals surface area (Å²) in [6.07, 6.45) is -1.20. The molecule has 23 heavy (non-hydrogen) atoms. The number of rotatable bonds is 3. The number of amides is 3. The van der Waals surface area contributed by atoms with Crippen molar-refractivity contribution >= 4 is 29.4 Å². The number of aromatic nitrogens is 2. The van der Waals surface area contributed by atoms with E-state index in [0.717, 1.165) is 0 Å². The normalized spacial score (nSPS) is 10.0. The van der Waals surface area contributed by atoms with E-state index < -0.39 is 17.7 Å². The summed E-state index contributed by atoms with van der Waals surface area (Å²) in [5.41, 5.74) is 1.54. The molecular formula is C14H15N5O4. The molecule has 0 fully saturated rings. The van der Waals surface area contributed by atoms with Gasteiger partial charge in [0.05, 0.1) is 0 Å². The van der Waals surface area contributed by atoms with Crippen LogP contribution >= 0.6 is 0 Å². The first-order valence-electron chi connectivity index (χ1n) is 6.60. The summed E-state index contributed by atoms with van der Waals surface area (Å²) in [6, 6.07) is 5.44. The van der Waals surface area contributed by atoms with Gasteiger partial charge in [0, 0.05) is 23.1 Å². The highest BCUT2D eigenvalue weighted by atomic mass is 16.4. The van der Waals surface area contributed by atoms with E-state index >= 15 is 0 Å². The summed E-state index contributed by atoms with van der Waals surface area (Å²) >= 11 is 0. The lowest BCUT2D eigenvalue weighted by molar-refractivity contribution is 0.209. The fraction of sp³-hybridized carbons (Fsp3) is 0.143. The Hall–Kier alpha value is -3.36. The highest BCUT2D eigenvalue weighted by molar-refractivity contribution is 5.99. The summed E-state index contributed by atoms with van der Waals surface area (Å²) in [7, 11) is 0. The number of carbonyl (C=O) groups is 2. The zero-order valence-electron chi connectivity index (χ0n) is 12.4. The number of aromatic amines is 1. The maximum atomic E-state index is 11.9. The molecule has 0 atom stereocenters. The molecule has 9 nitrogen and oxygen atoms in total. The van der Waals surface area contributed by atoms with Crippen molar-refractivity contribution < 1.29 is 14.7 Å². The molecular weight excluding hydrogens is 302 g/mol. The van der Waals surface area contributed by atoms with Gasteiger partial charge in [0.15, 0.2) is 0 Å². The van der Waals surface area contributed by atoms with Gasteiger partial charge in [0.25, 0.3) is 5.56 Å². The number of nitrogens with one attached hydrogen (secondary N) is 4. The molecule has 1 aromatic carbocycles. The van der Waals surface area contributed by atoms with Gasteiger partial charge in [0.1, 0.15) is 0 Å². The minimum absolute atomic E-state index is 0.0171. The Kier molecular flexibility index (Phi) is 4.60. The number of hydrogen-bond acceptors (Lipinski definition) is 4.